The lowest BCUT2D eigenvalue weighted by Crippen LogP contribution is -2.24. The van der Waals surface area contributed by atoms with E-state index in [1.54, 1.807) is 0 Å². The number of carboxylic acid groups (broad SMARTS) is 1. The minimum Gasteiger partial charge on any atom is -0.481 e. The minimum atomic E-state index is -0.800. The summed E-state index contributed by atoms with van der Waals surface area (Å²) in [6.45, 7) is 11.8. The zero-order valence-electron chi connectivity index (χ0n) is 14.6. The van der Waals surface area contributed by atoms with Crippen molar-refractivity contribution in [2.45, 2.75) is 65.9 Å². The van der Waals surface area contributed by atoms with Crippen LogP contribution in [0.3, 0.4) is 0 Å². The second-order valence-corrected chi connectivity index (χ2v) is 5.70. The fraction of sp³-hybridized carbons (Fsp3) is 0.875. The van der Waals surface area contributed by atoms with Crippen LogP contribution >= 0.6 is 0 Å². The molecule has 6 nitrogen and oxygen atoms in total. The number of aliphatic carboxylic acids is 1. The summed E-state index contributed by atoms with van der Waals surface area (Å²) in [5.41, 5.74) is -0.387. The number of carbonyl (C=O) groups is 2. The summed E-state index contributed by atoms with van der Waals surface area (Å²) < 4.78 is 15.2. The van der Waals surface area contributed by atoms with E-state index in [-0.39, 0.29) is 18.0 Å². The molecule has 0 saturated heterocycles. The van der Waals surface area contributed by atoms with Gasteiger partial charge in [-0.15, -0.1) is 0 Å². The van der Waals surface area contributed by atoms with Crippen LogP contribution in [0.4, 0.5) is 0 Å². The number of esters is 1. The van der Waals surface area contributed by atoms with E-state index in [4.69, 9.17) is 19.3 Å². The number of hydrogen-bond acceptors (Lipinski definition) is 5. The van der Waals surface area contributed by atoms with E-state index >= 15 is 0 Å². The van der Waals surface area contributed by atoms with E-state index < -0.39 is 5.97 Å². The molecule has 0 amide bonds. The van der Waals surface area contributed by atoms with E-state index in [1.807, 2.05) is 34.6 Å². The van der Waals surface area contributed by atoms with Crippen LogP contribution in [-0.2, 0) is 23.8 Å². The number of hydrogen-bond donors (Lipinski definition) is 1. The first-order valence-corrected chi connectivity index (χ1v) is 7.82. The van der Waals surface area contributed by atoms with Gasteiger partial charge in [0.15, 0.2) is 0 Å². The van der Waals surface area contributed by atoms with Gasteiger partial charge in [0.25, 0.3) is 0 Å². The molecule has 0 fully saturated rings. The van der Waals surface area contributed by atoms with Crippen LogP contribution < -0.4 is 0 Å². The van der Waals surface area contributed by atoms with Gasteiger partial charge in [0.05, 0.1) is 26.1 Å². The Morgan fingerprint density at radius 1 is 0.864 bits per heavy atom. The van der Waals surface area contributed by atoms with Crippen LogP contribution in [0.1, 0.15) is 60.3 Å². The highest BCUT2D eigenvalue weighted by atomic mass is 16.6. The molecule has 0 aromatic rings. The Labute approximate surface area is 134 Å². The van der Waals surface area contributed by atoms with E-state index in [1.165, 1.54) is 0 Å². The van der Waals surface area contributed by atoms with Crippen molar-refractivity contribution in [3.8, 4) is 0 Å². The van der Waals surface area contributed by atoms with Crippen molar-refractivity contribution in [2.75, 3.05) is 26.4 Å². The number of rotatable bonds is 10. The molecular formula is C16H32O6. The molecule has 0 spiro atoms. The highest BCUT2D eigenvalue weighted by Gasteiger charge is 2.15. The van der Waals surface area contributed by atoms with Crippen molar-refractivity contribution in [1.82, 2.24) is 0 Å². The molecule has 0 saturated carbocycles. The van der Waals surface area contributed by atoms with E-state index in [2.05, 4.69) is 0 Å². The van der Waals surface area contributed by atoms with Crippen molar-refractivity contribution in [3.63, 3.8) is 0 Å². The smallest absolute Gasteiger partial charge is 0.308 e. The molecule has 0 radical (unpaired) electrons. The van der Waals surface area contributed by atoms with Crippen LogP contribution in [0.5, 0.6) is 0 Å². The summed E-state index contributed by atoms with van der Waals surface area (Å²) in [7, 11) is 0. The highest BCUT2D eigenvalue weighted by Crippen LogP contribution is 2.07. The lowest BCUT2D eigenvalue weighted by molar-refractivity contribution is -0.156. The number of carbonyl (C=O) groups excluding carboxylic acids is 1. The van der Waals surface area contributed by atoms with Crippen LogP contribution in [0.2, 0.25) is 0 Å². The molecule has 6 heteroatoms. The van der Waals surface area contributed by atoms with Crippen LogP contribution in [0.15, 0.2) is 0 Å². The molecule has 0 aliphatic heterocycles. The molecule has 0 bridgehead atoms. The first-order valence-electron chi connectivity index (χ1n) is 7.82. The maximum absolute atomic E-state index is 11.1. The Kier molecular flexibility index (Phi) is 15.5. The van der Waals surface area contributed by atoms with Gasteiger partial charge in [0.1, 0.15) is 5.60 Å². The number of ether oxygens (including phenoxy) is 3. The van der Waals surface area contributed by atoms with Crippen molar-refractivity contribution in [2.24, 2.45) is 0 Å². The van der Waals surface area contributed by atoms with Crippen molar-refractivity contribution in [3.05, 3.63) is 0 Å². The maximum Gasteiger partial charge on any atom is 0.308 e. The SMILES string of the molecule is CCCOCCC(=O)O.CCCOCCC(=O)OC(C)(C)C. The van der Waals surface area contributed by atoms with Crippen LogP contribution in [-0.4, -0.2) is 49.1 Å². The topological polar surface area (TPSA) is 82.1 Å². The van der Waals surface area contributed by atoms with E-state index in [0.29, 0.717) is 32.8 Å². The lowest BCUT2D eigenvalue weighted by Gasteiger charge is -2.19. The largest absolute Gasteiger partial charge is 0.481 e. The molecule has 0 aliphatic carbocycles. The van der Waals surface area contributed by atoms with Crippen molar-refractivity contribution < 1.29 is 28.9 Å². The van der Waals surface area contributed by atoms with Gasteiger partial charge in [-0.1, -0.05) is 13.8 Å². The Balaban J connectivity index is 0. The van der Waals surface area contributed by atoms with Crippen molar-refractivity contribution in [1.29, 1.82) is 0 Å². The Hall–Kier alpha value is -1.14. The van der Waals surface area contributed by atoms with Gasteiger partial charge < -0.3 is 19.3 Å². The molecule has 0 aromatic carbocycles. The van der Waals surface area contributed by atoms with Crippen molar-refractivity contribution >= 4 is 11.9 Å². The fourth-order valence-electron chi connectivity index (χ4n) is 1.20. The quantitative estimate of drug-likeness (QED) is 0.492. The van der Waals surface area contributed by atoms with Gasteiger partial charge in [-0.2, -0.15) is 0 Å². The zero-order chi connectivity index (χ0) is 17.4. The third kappa shape index (κ3) is 23.9. The van der Waals surface area contributed by atoms with Gasteiger partial charge in [-0.05, 0) is 33.6 Å². The van der Waals surface area contributed by atoms with Crippen LogP contribution in [0.25, 0.3) is 0 Å². The summed E-state index contributed by atoms with van der Waals surface area (Å²) >= 11 is 0. The molecule has 0 unspecified atom stereocenters. The first-order chi connectivity index (χ1) is 10.2. The third-order valence-electron chi connectivity index (χ3n) is 2.03. The van der Waals surface area contributed by atoms with Gasteiger partial charge in [-0.3, -0.25) is 9.59 Å². The molecule has 0 atom stereocenters. The van der Waals surface area contributed by atoms with Gasteiger partial charge in [0.2, 0.25) is 0 Å². The minimum absolute atomic E-state index is 0.111. The Morgan fingerprint density at radius 2 is 1.32 bits per heavy atom. The van der Waals surface area contributed by atoms with Crippen LogP contribution in [0, 0.1) is 0 Å². The first kappa shape index (κ1) is 23.1. The number of carboxylic acids is 1. The molecule has 0 aromatic heterocycles. The standard InChI is InChI=1S/C10H20O3.C6H12O3/c1-5-7-12-8-6-9(11)13-10(2,3)4;1-2-4-9-5-3-6(7)8/h5-8H2,1-4H3;2-5H2,1H3,(H,7,8). The maximum atomic E-state index is 11.1. The van der Waals surface area contributed by atoms with E-state index in [0.717, 1.165) is 12.8 Å². The normalized spacial score (nSPS) is 10.6. The molecule has 0 aliphatic rings. The van der Waals surface area contributed by atoms with Gasteiger partial charge in [0, 0.05) is 13.2 Å². The average Bonchev–Trinajstić information content (AvgIpc) is 2.38. The second-order valence-electron chi connectivity index (χ2n) is 5.70. The average molecular weight is 320 g/mol. The second kappa shape index (κ2) is 14.8. The fourth-order valence-corrected chi connectivity index (χ4v) is 1.20. The Bertz CT molecular complexity index is 283. The summed E-state index contributed by atoms with van der Waals surface area (Å²) in [5.74, 6) is -0.991. The summed E-state index contributed by atoms with van der Waals surface area (Å²) in [6, 6.07) is 0. The predicted molar refractivity (Wildman–Crippen MR) is 84.9 cm³/mol. The van der Waals surface area contributed by atoms with Gasteiger partial charge >= 0.3 is 11.9 Å². The summed E-state index contributed by atoms with van der Waals surface area (Å²) in [4.78, 5) is 21.0. The lowest BCUT2D eigenvalue weighted by atomic mass is 10.2. The molecule has 132 valence electrons. The molecular weight excluding hydrogens is 288 g/mol. The highest BCUT2D eigenvalue weighted by molar-refractivity contribution is 5.69. The molecule has 0 heterocycles. The third-order valence-corrected chi connectivity index (χ3v) is 2.03. The van der Waals surface area contributed by atoms with Gasteiger partial charge in [-0.25, -0.2) is 0 Å². The molecule has 1 N–H and O–H groups in total. The predicted octanol–water partition coefficient (Wildman–Crippen LogP) is 3.03. The Morgan fingerprint density at radius 3 is 1.68 bits per heavy atom. The summed E-state index contributed by atoms with van der Waals surface area (Å²) in [5, 5.41) is 8.13. The monoisotopic (exact) mass is 320 g/mol. The molecule has 0 rings (SSSR count). The zero-order valence-corrected chi connectivity index (χ0v) is 14.6. The summed E-state index contributed by atoms with van der Waals surface area (Å²) in [6.07, 6.45) is 2.38. The van der Waals surface area contributed by atoms with E-state index in [9.17, 15) is 9.59 Å². The molecule has 22 heavy (non-hydrogen) atoms.